The van der Waals surface area contributed by atoms with Crippen molar-refractivity contribution in [1.29, 1.82) is 0 Å². The van der Waals surface area contributed by atoms with Crippen molar-refractivity contribution in [3.63, 3.8) is 0 Å². The van der Waals surface area contributed by atoms with E-state index in [1.54, 1.807) is 0 Å². The summed E-state index contributed by atoms with van der Waals surface area (Å²) in [5.41, 5.74) is 0. The summed E-state index contributed by atoms with van der Waals surface area (Å²) in [5, 5.41) is 3.70. The van der Waals surface area contributed by atoms with Crippen molar-refractivity contribution in [2.75, 3.05) is 26.7 Å². The SMILES string of the molecule is CCCC1CCC(NCC)C(CN(C)CC)C1. The lowest BCUT2D eigenvalue weighted by Gasteiger charge is -2.38. The van der Waals surface area contributed by atoms with Crippen molar-refractivity contribution in [2.24, 2.45) is 11.8 Å². The summed E-state index contributed by atoms with van der Waals surface area (Å²) in [5.74, 6) is 1.86. The van der Waals surface area contributed by atoms with Gasteiger partial charge < -0.3 is 10.2 Å². The Bertz CT molecular complexity index is 193. The van der Waals surface area contributed by atoms with E-state index < -0.39 is 0 Å². The molecule has 3 atom stereocenters. The van der Waals surface area contributed by atoms with Crippen molar-refractivity contribution in [2.45, 2.75) is 58.9 Å². The molecule has 0 spiro atoms. The number of rotatable bonds is 7. The molecular formula is C15H32N2. The Labute approximate surface area is 108 Å². The van der Waals surface area contributed by atoms with E-state index in [2.05, 4.69) is 38.0 Å². The fourth-order valence-corrected chi connectivity index (χ4v) is 3.29. The van der Waals surface area contributed by atoms with E-state index in [-0.39, 0.29) is 0 Å². The average Bonchev–Trinajstić information content (AvgIpc) is 2.33. The van der Waals surface area contributed by atoms with E-state index in [9.17, 15) is 0 Å². The van der Waals surface area contributed by atoms with Crippen LogP contribution in [0, 0.1) is 11.8 Å². The molecule has 0 bridgehead atoms. The first kappa shape index (κ1) is 15.0. The normalized spacial score (nSPS) is 29.8. The molecule has 0 aliphatic heterocycles. The fraction of sp³-hybridized carbons (Fsp3) is 1.00. The third-order valence-electron chi connectivity index (χ3n) is 4.34. The average molecular weight is 240 g/mol. The topological polar surface area (TPSA) is 15.3 Å². The van der Waals surface area contributed by atoms with Crippen LogP contribution in [0.4, 0.5) is 0 Å². The van der Waals surface area contributed by atoms with Crippen molar-refractivity contribution >= 4 is 0 Å². The van der Waals surface area contributed by atoms with Crippen LogP contribution < -0.4 is 5.32 Å². The Balaban J connectivity index is 2.49. The van der Waals surface area contributed by atoms with Crippen LogP contribution in [0.2, 0.25) is 0 Å². The van der Waals surface area contributed by atoms with Gasteiger partial charge in [0.05, 0.1) is 0 Å². The second kappa shape index (κ2) is 8.10. The molecule has 1 aliphatic carbocycles. The monoisotopic (exact) mass is 240 g/mol. The molecule has 3 unspecified atom stereocenters. The molecule has 0 amide bonds. The predicted molar refractivity (Wildman–Crippen MR) is 76.4 cm³/mol. The van der Waals surface area contributed by atoms with E-state index in [0.717, 1.165) is 24.4 Å². The molecule has 102 valence electrons. The Hall–Kier alpha value is -0.0800. The van der Waals surface area contributed by atoms with Gasteiger partial charge in [0.15, 0.2) is 0 Å². The lowest BCUT2D eigenvalue weighted by molar-refractivity contribution is 0.153. The third kappa shape index (κ3) is 4.97. The van der Waals surface area contributed by atoms with Gasteiger partial charge in [-0.05, 0) is 51.2 Å². The van der Waals surface area contributed by atoms with Gasteiger partial charge in [-0.2, -0.15) is 0 Å². The standard InChI is InChI=1S/C15H32N2/c1-5-8-13-9-10-15(16-6-2)14(11-13)12-17(4)7-3/h13-16H,5-12H2,1-4H3. The van der Waals surface area contributed by atoms with Gasteiger partial charge in [0.1, 0.15) is 0 Å². The van der Waals surface area contributed by atoms with Crippen LogP contribution in [0.3, 0.4) is 0 Å². The number of nitrogens with one attached hydrogen (secondary N) is 1. The quantitative estimate of drug-likeness (QED) is 0.735. The zero-order valence-corrected chi connectivity index (χ0v) is 12.3. The largest absolute Gasteiger partial charge is 0.314 e. The highest BCUT2D eigenvalue weighted by molar-refractivity contribution is 4.85. The highest BCUT2D eigenvalue weighted by Gasteiger charge is 2.29. The predicted octanol–water partition coefficient (Wildman–Crippen LogP) is 3.13. The first-order valence-electron chi connectivity index (χ1n) is 7.63. The summed E-state index contributed by atoms with van der Waals surface area (Å²) < 4.78 is 0. The second-order valence-corrected chi connectivity index (χ2v) is 5.75. The molecule has 0 aromatic heterocycles. The van der Waals surface area contributed by atoms with Gasteiger partial charge in [-0.25, -0.2) is 0 Å². The summed E-state index contributed by atoms with van der Waals surface area (Å²) in [7, 11) is 2.26. The van der Waals surface area contributed by atoms with E-state index in [0.29, 0.717) is 0 Å². The first-order valence-corrected chi connectivity index (χ1v) is 7.63. The minimum Gasteiger partial charge on any atom is -0.314 e. The summed E-state index contributed by atoms with van der Waals surface area (Å²) in [6, 6.07) is 0.766. The first-order chi connectivity index (χ1) is 8.21. The van der Waals surface area contributed by atoms with Gasteiger partial charge in [0.25, 0.3) is 0 Å². The van der Waals surface area contributed by atoms with Gasteiger partial charge >= 0.3 is 0 Å². The molecule has 0 radical (unpaired) electrons. The van der Waals surface area contributed by atoms with Crippen molar-refractivity contribution in [3.05, 3.63) is 0 Å². The highest BCUT2D eigenvalue weighted by Crippen LogP contribution is 2.32. The smallest absolute Gasteiger partial charge is 0.0108 e. The maximum atomic E-state index is 3.70. The summed E-state index contributed by atoms with van der Waals surface area (Å²) in [4.78, 5) is 2.48. The van der Waals surface area contributed by atoms with Crippen LogP contribution in [0.5, 0.6) is 0 Å². The van der Waals surface area contributed by atoms with Crippen molar-refractivity contribution < 1.29 is 0 Å². The fourth-order valence-electron chi connectivity index (χ4n) is 3.29. The van der Waals surface area contributed by atoms with Crippen LogP contribution in [0.25, 0.3) is 0 Å². The molecule has 1 N–H and O–H groups in total. The Kier molecular flexibility index (Phi) is 7.14. The zero-order chi connectivity index (χ0) is 12.7. The molecule has 17 heavy (non-hydrogen) atoms. The van der Waals surface area contributed by atoms with Gasteiger partial charge in [0, 0.05) is 12.6 Å². The Morgan fingerprint density at radius 1 is 1.18 bits per heavy atom. The maximum absolute atomic E-state index is 3.70. The Morgan fingerprint density at radius 2 is 1.94 bits per heavy atom. The number of hydrogen-bond donors (Lipinski definition) is 1. The molecule has 0 saturated heterocycles. The van der Waals surface area contributed by atoms with Crippen molar-refractivity contribution in [3.8, 4) is 0 Å². The minimum absolute atomic E-state index is 0.766. The van der Waals surface area contributed by atoms with Crippen LogP contribution in [-0.4, -0.2) is 37.6 Å². The molecule has 0 aromatic carbocycles. The van der Waals surface area contributed by atoms with Crippen molar-refractivity contribution in [1.82, 2.24) is 10.2 Å². The lowest BCUT2D eigenvalue weighted by Crippen LogP contribution is -2.45. The summed E-state index contributed by atoms with van der Waals surface area (Å²) in [6.45, 7) is 10.4. The molecule has 0 heterocycles. The van der Waals surface area contributed by atoms with E-state index in [4.69, 9.17) is 0 Å². The molecular weight excluding hydrogens is 208 g/mol. The van der Waals surface area contributed by atoms with Crippen LogP contribution >= 0.6 is 0 Å². The maximum Gasteiger partial charge on any atom is 0.0108 e. The van der Waals surface area contributed by atoms with Crippen LogP contribution in [0.1, 0.15) is 52.9 Å². The van der Waals surface area contributed by atoms with Crippen LogP contribution in [0.15, 0.2) is 0 Å². The molecule has 1 saturated carbocycles. The van der Waals surface area contributed by atoms with Gasteiger partial charge in [0.2, 0.25) is 0 Å². The summed E-state index contributed by atoms with van der Waals surface area (Å²) in [6.07, 6.45) is 7.06. The lowest BCUT2D eigenvalue weighted by atomic mass is 9.76. The number of hydrogen-bond acceptors (Lipinski definition) is 2. The molecule has 1 fully saturated rings. The van der Waals surface area contributed by atoms with E-state index in [1.165, 1.54) is 45.2 Å². The van der Waals surface area contributed by atoms with Gasteiger partial charge in [-0.15, -0.1) is 0 Å². The highest BCUT2D eigenvalue weighted by atomic mass is 15.1. The van der Waals surface area contributed by atoms with Crippen LogP contribution in [-0.2, 0) is 0 Å². The molecule has 1 aliphatic rings. The molecule has 2 heteroatoms. The molecule has 0 aromatic rings. The molecule has 2 nitrogen and oxygen atoms in total. The van der Waals surface area contributed by atoms with E-state index >= 15 is 0 Å². The molecule has 1 rings (SSSR count). The second-order valence-electron chi connectivity index (χ2n) is 5.75. The van der Waals surface area contributed by atoms with Gasteiger partial charge in [-0.3, -0.25) is 0 Å². The Morgan fingerprint density at radius 3 is 2.53 bits per heavy atom. The minimum atomic E-state index is 0.766. The summed E-state index contributed by atoms with van der Waals surface area (Å²) >= 11 is 0. The number of nitrogens with zero attached hydrogens (tertiary/aromatic N) is 1. The third-order valence-corrected chi connectivity index (χ3v) is 4.34. The zero-order valence-electron chi connectivity index (χ0n) is 12.3. The van der Waals surface area contributed by atoms with E-state index in [1.807, 2.05) is 0 Å². The van der Waals surface area contributed by atoms with Gasteiger partial charge in [-0.1, -0.05) is 33.6 Å².